The Morgan fingerprint density at radius 3 is 2.86 bits per heavy atom. The summed E-state index contributed by atoms with van der Waals surface area (Å²) in [6.07, 6.45) is 0. The molecule has 0 bridgehead atoms. The van der Waals surface area contributed by atoms with Crippen LogP contribution in [0, 0.1) is 5.82 Å². The number of anilines is 1. The van der Waals surface area contributed by atoms with Crippen LogP contribution < -0.4 is 10.1 Å². The van der Waals surface area contributed by atoms with Crippen molar-refractivity contribution < 1.29 is 13.5 Å². The molecule has 0 unspecified atom stereocenters. The van der Waals surface area contributed by atoms with Gasteiger partial charge in [0, 0.05) is 5.39 Å². The molecule has 1 N–H and O–H groups in total. The summed E-state index contributed by atoms with van der Waals surface area (Å²) < 4.78 is 24.8. The molecule has 0 atom stereocenters. The molecule has 1 aromatic heterocycles. The Morgan fingerprint density at radius 1 is 1.24 bits per heavy atom. The summed E-state index contributed by atoms with van der Waals surface area (Å²) in [5, 5.41) is 4.01. The lowest BCUT2D eigenvalue weighted by molar-refractivity contribution is 0.408. The number of benzene rings is 2. The quantitative estimate of drug-likeness (QED) is 0.748. The maximum Gasteiger partial charge on any atom is 0.176 e. The summed E-state index contributed by atoms with van der Waals surface area (Å²) in [6, 6.07) is 12.4. The van der Waals surface area contributed by atoms with E-state index < -0.39 is 5.82 Å². The highest BCUT2D eigenvalue weighted by molar-refractivity contribution is 6.31. The zero-order valence-corrected chi connectivity index (χ0v) is 12.1. The highest BCUT2D eigenvalue weighted by Gasteiger charge is 2.10. The normalized spacial score (nSPS) is 10.8. The van der Waals surface area contributed by atoms with Gasteiger partial charge in [-0.2, -0.15) is 0 Å². The van der Waals surface area contributed by atoms with Crippen LogP contribution in [0.5, 0.6) is 5.75 Å². The van der Waals surface area contributed by atoms with E-state index in [4.69, 9.17) is 20.8 Å². The molecule has 0 radical (unpaired) electrons. The van der Waals surface area contributed by atoms with Gasteiger partial charge in [-0.1, -0.05) is 29.8 Å². The van der Waals surface area contributed by atoms with Gasteiger partial charge in [0.2, 0.25) is 0 Å². The molecule has 108 valence electrons. The molecule has 1 heterocycles. The predicted molar refractivity (Wildman–Crippen MR) is 81.5 cm³/mol. The van der Waals surface area contributed by atoms with Gasteiger partial charge >= 0.3 is 0 Å². The third kappa shape index (κ3) is 2.67. The number of hydrogen-bond donors (Lipinski definition) is 1. The van der Waals surface area contributed by atoms with Gasteiger partial charge in [0.1, 0.15) is 5.76 Å². The Balaban J connectivity index is 1.84. The smallest absolute Gasteiger partial charge is 0.176 e. The lowest BCUT2D eigenvalue weighted by atomic mass is 10.2. The first-order valence-electron chi connectivity index (χ1n) is 6.42. The molecule has 3 rings (SSSR count). The molecule has 3 aromatic rings. The second kappa shape index (κ2) is 5.66. The van der Waals surface area contributed by atoms with Gasteiger partial charge in [-0.15, -0.1) is 0 Å². The Hall–Kier alpha value is -2.20. The molecule has 5 heteroatoms. The fraction of sp³-hybridized carbons (Fsp3) is 0.125. The first-order valence-corrected chi connectivity index (χ1v) is 6.80. The van der Waals surface area contributed by atoms with Crippen LogP contribution in [0.2, 0.25) is 5.02 Å². The van der Waals surface area contributed by atoms with Crippen molar-refractivity contribution >= 4 is 28.3 Å². The first-order chi connectivity index (χ1) is 10.2. The Kier molecular flexibility index (Phi) is 3.71. The zero-order chi connectivity index (χ0) is 14.8. The van der Waals surface area contributed by atoms with Crippen molar-refractivity contribution in [2.45, 2.75) is 6.54 Å². The van der Waals surface area contributed by atoms with Crippen LogP contribution in [0.4, 0.5) is 10.1 Å². The molecule has 0 aliphatic heterocycles. The van der Waals surface area contributed by atoms with E-state index in [0.717, 1.165) is 5.39 Å². The Labute approximate surface area is 126 Å². The van der Waals surface area contributed by atoms with Crippen LogP contribution >= 0.6 is 11.6 Å². The van der Waals surface area contributed by atoms with Crippen molar-refractivity contribution in [3.63, 3.8) is 0 Å². The molecule has 0 fully saturated rings. The van der Waals surface area contributed by atoms with Crippen LogP contribution in [0.3, 0.4) is 0 Å². The molecule has 0 saturated carbocycles. The van der Waals surface area contributed by atoms with Crippen LogP contribution in [-0.2, 0) is 6.54 Å². The topological polar surface area (TPSA) is 34.4 Å². The lowest BCUT2D eigenvalue weighted by Gasteiger charge is -2.06. The van der Waals surface area contributed by atoms with Gasteiger partial charge < -0.3 is 14.5 Å². The molecular formula is C16H13ClFNO2. The Bertz CT molecular complexity index is 785. The Morgan fingerprint density at radius 2 is 2.05 bits per heavy atom. The van der Waals surface area contributed by atoms with E-state index in [1.54, 1.807) is 19.2 Å². The summed E-state index contributed by atoms with van der Waals surface area (Å²) in [5.74, 6) is 0.898. The molecule has 0 amide bonds. The molecule has 21 heavy (non-hydrogen) atoms. The van der Waals surface area contributed by atoms with Crippen molar-refractivity contribution in [1.29, 1.82) is 0 Å². The summed E-state index contributed by atoms with van der Waals surface area (Å²) in [5.41, 5.74) is 1.03. The summed E-state index contributed by atoms with van der Waals surface area (Å²) in [6.45, 7) is 0.356. The minimum atomic E-state index is -0.465. The summed E-state index contributed by atoms with van der Waals surface area (Å²) in [7, 11) is 1.59. The SMILES string of the molecule is COc1cccc2cc(CNc3cccc(Cl)c3F)oc12. The number of rotatable bonds is 4. The predicted octanol–water partition coefficient (Wildman–Crippen LogP) is 4.85. The van der Waals surface area contributed by atoms with Crippen LogP contribution in [0.15, 0.2) is 46.9 Å². The van der Waals surface area contributed by atoms with Crippen LogP contribution in [0.1, 0.15) is 5.76 Å². The second-order valence-electron chi connectivity index (χ2n) is 4.55. The number of fused-ring (bicyclic) bond motifs is 1. The molecule has 3 nitrogen and oxygen atoms in total. The zero-order valence-electron chi connectivity index (χ0n) is 11.3. The lowest BCUT2D eigenvalue weighted by Crippen LogP contribution is -2.00. The largest absolute Gasteiger partial charge is 0.493 e. The highest BCUT2D eigenvalue weighted by atomic mass is 35.5. The number of methoxy groups -OCH3 is 1. The minimum Gasteiger partial charge on any atom is -0.493 e. The average molecular weight is 306 g/mol. The second-order valence-corrected chi connectivity index (χ2v) is 4.95. The molecule has 2 aromatic carbocycles. The van der Waals surface area contributed by atoms with Gasteiger partial charge in [-0.05, 0) is 24.3 Å². The monoisotopic (exact) mass is 305 g/mol. The van der Waals surface area contributed by atoms with Gasteiger partial charge in [0.05, 0.1) is 24.4 Å². The number of para-hydroxylation sites is 1. The molecular weight excluding hydrogens is 293 g/mol. The summed E-state index contributed by atoms with van der Waals surface area (Å²) >= 11 is 5.74. The van der Waals surface area contributed by atoms with E-state index >= 15 is 0 Å². The van der Waals surface area contributed by atoms with E-state index in [1.165, 1.54) is 6.07 Å². The van der Waals surface area contributed by atoms with E-state index in [2.05, 4.69) is 5.32 Å². The van der Waals surface area contributed by atoms with Crippen molar-refractivity contribution in [2.75, 3.05) is 12.4 Å². The fourth-order valence-corrected chi connectivity index (χ4v) is 2.33. The molecule has 0 aliphatic rings. The first kappa shape index (κ1) is 13.8. The van der Waals surface area contributed by atoms with E-state index in [9.17, 15) is 4.39 Å². The molecule has 0 spiro atoms. The third-order valence-corrected chi connectivity index (χ3v) is 3.48. The summed E-state index contributed by atoms with van der Waals surface area (Å²) in [4.78, 5) is 0. The van der Waals surface area contributed by atoms with Gasteiger partial charge in [0.25, 0.3) is 0 Å². The van der Waals surface area contributed by atoms with Gasteiger partial charge in [-0.25, -0.2) is 4.39 Å². The maximum atomic E-state index is 13.8. The molecule has 0 aliphatic carbocycles. The van der Waals surface area contributed by atoms with Crippen LogP contribution in [-0.4, -0.2) is 7.11 Å². The fourth-order valence-electron chi connectivity index (χ4n) is 2.16. The number of halogens is 2. The van der Waals surface area contributed by atoms with E-state index in [0.29, 0.717) is 29.3 Å². The number of hydrogen-bond acceptors (Lipinski definition) is 3. The number of furan rings is 1. The van der Waals surface area contributed by atoms with Crippen molar-refractivity contribution in [3.05, 3.63) is 59.1 Å². The molecule has 0 saturated heterocycles. The van der Waals surface area contributed by atoms with Crippen molar-refractivity contribution in [3.8, 4) is 5.75 Å². The highest BCUT2D eigenvalue weighted by Crippen LogP contribution is 2.29. The van der Waals surface area contributed by atoms with E-state index in [-0.39, 0.29) is 5.02 Å². The van der Waals surface area contributed by atoms with Crippen LogP contribution in [0.25, 0.3) is 11.0 Å². The van der Waals surface area contributed by atoms with Gasteiger partial charge in [0.15, 0.2) is 17.1 Å². The van der Waals surface area contributed by atoms with E-state index in [1.807, 2.05) is 24.3 Å². The standard InChI is InChI=1S/C16H13ClFNO2/c1-20-14-7-2-4-10-8-11(21-16(10)14)9-19-13-6-3-5-12(17)15(13)18/h2-8,19H,9H2,1H3. The van der Waals surface area contributed by atoms with Crippen molar-refractivity contribution in [1.82, 2.24) is 0 Å². The maximum absolute atomic E-state index is 13.8. The number of ether oxygens (including phenoxy) is 1. The minimum absolute atomic E-state index is 0.0891. The number of nitrogens with one attached hydrogen (secondary N) is 1. The van der Waals surface area contributed by atoms with Gasteiger partial charge in [-0.3, -0.25) is 0 Å². The average Bonchev–Trinajstić information content (AvgIpc) is 2.91. The third-order valence-electron chi connectivity index (χ3n) is 3.18. The van der Waals surface area contributed by atoms with Crippen molar-refractivity contribution in [2.24, 2.45) is 0 Å².